The summed E-state index contributed by atoms with van der Waals surface area (Å²) in [5.41, 5.74) is 4.24. The number of para-hydroxylation sites is 1. The number of likely N-dealkylation sites (N-methyl/N-ethyl adjacent to an activating group) is 1. The van der Waals surface area contributed by atoms with Crippen LogP contribution < -0.4 is 4.74 Å². The Kier molecular flexibility index (Phi) is 28.6. The number of benzene rings is 8. The van der Waals surface area contributed by atoms with Crippen molar-refractivity contribution in [1.82, 2.24) is 9.47 Å². The summed E-state index contributed by atoms with van der Waals surface area (Å²) in [6, 6.07) is 77.1. The lowest BCUT2D eigenvalue weighted by molar-refractivity contribution is 0.184. The lowest BCUT2D eigenvalue weighted by Crippen LogP contribution is -2.25. The van der Waals surface area contributed by atoms with Crippen molar-refractivity contribution in [1.29, 1.82) is 0 Å². The van der Waals surface area contributed by atoms with Gasteiger partial charge in [-0.05, 0) is 147 Å². The minimum atomic E-state index is -0.285. The Bertz CT molecular complexity index is 3280. The van der Waals surface area contributed by atoms with Crippen molar-refractivity contribution in [2.75, 3.05) is 52.0 Å². The first-order valence-corrected chi connectivity index (χ1v) is 35.8. The molecule has 0 bridgehead atoms. The maximum absolute atomic E-state index is 13.5. The van der Waals surface area contributed by atoms with E-state index in [-0.39, 0.29) is 40.8 Å². The summed E-state index contributed by atoms with van der Waals surface area (Å²) in [6.07, 6.45) is 23.9. The number of rotatable bonds is 14. The van der Waals surface area contributed by atoms with Gasteiger partial charge < -0.3 is 24.4 Å². The molecule has 3 fully saturated rings. The molecular weight excluding hydrogens is 1140 g/mol. The van der Waals surface area contributed by atoms with E-state index in [0.29, 0.717) is 41.7 Å². The maximum Gasteiger partial charge on any atom is 0.180 e. The van der Waals surface area contributed by atoms with E-state index in [1.807, 2.05) is 18.0 Å². The lowest BCUT2D eigenvalue weighted by atomic mass is 9.84. The summed E-state index contributed by atoms with van der Waals surface area (Å²) in [6.45, 7) is 3.97. The lowest BCUT2D eigenvalue weighted by Gasteiger charge is -2.22. The van der Waals surface area contributed by atoms with Crippen molar-refractivity contribution in [3.8, 4) is 5.75 Å². The van der Waals surface area contributed by atoms with Gasteiger partial charge in [-0.2, -0.15) is 0 Å². The fourth-order valence-electron chi connectivity index (χ4n) is 11.5. The Hall–Kier alpha value is -6.63. The minimum Gasteiger partial charge on any atom is -0.497 e. The molecule has 6 nitrogen and oxygen atoms in total. The molecule has 2 aliphatic heterocycles. The van der Waals surface area contributed by atoms with Crippen LogP contribution in [0.2, 0.25) is 0 Å². The Morgan fingerprint density at radius 1 is 0.557 bits per heavy atom. The smallest absolute Gasteiger partial charge is 0.180 e. The van der Waals surface area contributed by atoms with Crippen LogP contribution in [-0.2, 0) is 39.7 Å². The van der Waals surface area contributed by atoms with Crippen LogP contribution in [0.5, 0.6) is 5.75 Å². The Morgan fingerprint density at radius 2 is 1.00 bits per heavy atom. The second-order valence-corrected chi connectivity index (χ2v) is 29.1. The molecular formula is C78H93FN3O3S3+3. The standard InChI is InChI=1S/C24H25S.C18H15S.C13H16NS.C11H10FNO.C7H14.C5H13NO2/c1-4-10-20(11-5-1)21-16-18-24(19-17-21)25(22-12-6-2-7-13-22)23-14-8-3-9-15-23;1-4-10-16(11-5-1)19(17-12-6-2-7-13-17)18-14-8-3-9-15-18;1-14-10-13(15-8-4-5-9-15)11-6-2-3-7-12(11)14;1-14-8-4-5-9(10(12)7-8)11-3-2-6-13-11;1-7-5-3-2-4-6-7;1-6(2-4-7)3-5-8/h2-3,6-9,12-20H,1,4-5,10-11H2;1-15H;2-3,6-7,10H,4-5,8-9H2,1H3;2,4-7H,3H2,1H3;7H,2-6H2,1H3;7-8H,2-5H2,1H3/q3*+1;;;. The number of fused-ring (bicyclic) bond motifs is 1. The average molecular weight is 1240 g/mol. The highest BCUT2D eigenvalue weighted by atomic mass is 32.2. The van der Waals surface area contributed by atoms with Crippen molar-refractivity contribution in [3.05, 3.63) is 254 Å². The van der Waals surface area contributed by atoms with E-state index in [2.05, 4.69) is 230 Å². The number of aliphatic hydroxyl groups excluding tert-OH is 2. The van der Waals surface area contributed by atoms with Gasteiger partial charge in [-0.3, -0.25) is 4.99 Å². The van der Waals surface area contributed by atoms with Gasteiger partial charge in [-0.25, -0.2) is 4.39 Å². The minimum absolute atomic E-state index is 0.0146. The number of halogens is 1. The van der Waals surface area contributed by atoms with Crippen LogP contribution in [0.1, 0.15) is 107 Å². The number of ether oxygens (including phenoxy) is 1. The third kappa shape index (κ3) is 20.7. The summed E-state index contributed by atoms with van der Waals surface area (Å²) >= 11 is 0. The van der Waals surface area contributed by atoms with Crippen molar-refractivity contribution in [2.24, 2.45) is 18.0 Å². The molecule has 10 heteroatoms. The number of nitrogens with zero attached hydrogens (tertiary/aromatic N) is 3. The molecule has 2 N–H and O–H groups in total. The van der Waals surface area contributed by atoms with Gasteiger partial charge in [0, 0.05) is 55.3 Å². The summed E-state index contributed by atoms with van der Waals surface area (Å²) in [5, 5.41) is 18.2. The first-order chi connectivity index (χ1) is 43.2. The topological polar surface area (TPSA) is 70.2 Å². The predicted molar refractivity (Wildman–Crippen MR) is 373 cm³/mol. The molecule has 2 saturated carbocycles. The number of aryl methyl sites for hydroxylation is 1. The van der Waals surface area contributed by atoms with Gasteiger partial charge in [-0.1, -0.05) is 180 Å². The molecule has 4 aliphatic rings. The predicted octanol–water partition coefficient (Wildman–Crippen LogP) is 18.6. The Labute approximate surface area is 534 Å². The van der Waals surface area contributed by atoms with Crippen molar-refractivity contribution >= 4 is 49.3 Å². The van der Waals surface area contributed by atoms with Crippen molar-refractivity contribution < 1.29 is 19.3 Å². The molecule has 0 amide bonds. The molecule has 0 radical (unpaired) electrons. The molecule has 1 aromatic heterocycles. The highest BCUT2D eigenvalue weighted by Crippen LogP contribution is 2.37. The number of aromatic nitrogens is 1. The van der Waals surface area contributed by atoms with E-state index in [4.69, 9.17) is 14.9 Å². The zero-order chi connectivity index (χ0) is 61.6. The SMILES string of the molecule is CC1CCCCC1.CN(CCO)CCO.COc1ccc(C2=NC=CC2)c(F)c1.Cn1cc([S+]2CCCC2)c2ccccc21.c1ccc([S+](c2ccccc2)c2ccc(C3CCCCC3)cc2)cc1.c1ccc([S+](c2ccccc2)c2ccccc2)cc1. The van der Waals surface area contributed by atoms with Crippen LogP contribution >= 0.6 is 0 Å². The number of aliphatic imine (C=N–C) groups is 1. The van der Waals surface area contributed by atoms with Crippen LogP contribution in [0.3, 0.4) is 0 Å². The Balaban J connectivity index is 0.000000143. The maximum atomic E-state index is 13.5. The molecule has 0 atom stereocenters. The van der Waals surface area contributed by atoms with Gasteiger partial charge in [0.1, 0.15) is 23.1 Å². The fourth-order valence-corrected chi connectivity index (χ4v) is 18.2. The first kappa shape index (κ1) is 67.3. The van der Waals surface area contributed by atoms with Gasteiger partial charge in [0.25, 0.3) is 0 Å². The molecule has 2 aliphatic carbocycles. The zero-order valence-electron chi connectivity index (χ0n) is 52.4. The quantitative estimate of drug-likeness (QED) is 0.106. The third-order valence-corrected chi connectivity index (χ3v) is 23.3. The molecule has 88 heavy (non-hydrogen) atoms. The second-order valence-electron chi connectivity index (χ2n) is 22.8. The van der Waals surface area contributed by atoms with Crippen molar-refractivity contribution in [3.63, 3.8) is 0 Å². The molecule has 8 aromatic carbocycles. The monoisotopic (exact) mass is 1230 g/mol. The first-order valence-electron chi connectivity index (χ1n) is 31.8. The van der Waals surface area contributed by atoms with Crippen LogP contribution in [0.4, 0.5) is 4.39 Å². The normalized spacial score (nSPS) is 14.9. The largest absolute Gasteiger partial charge is 0.497 e. The van der Waals surface area contributed by atoms with Gasteiger partial charge >= 0.3 is 0 Å². The van der Waals surface area contributed by atoms with Crippen LogP contribution in [0, 0.1) is 11.7 Å². The molecule has 1 saturated heterocycles. The van der Waals surface area contributed by atoms with Crippen LogP contribution in [-0.4, -0.2) is 77.4 Å². The molecule has 13 rings (SSSR count). The molecule has 0 unspecified atom stereocenters. The number of methoxy groups -OCH3 is 1. The Morgan fingerprint density at radius 3 is 1.41 bits per heavy atom. The molecule has 0 spiro atoms. The number of hydrogen-bond donors (Lipinski definition) is 2. The number of allylic oxidation sites excluding steroid dienone is 1. The highest BCUT2D eigenvalue weighted by molar-refractivity contribution is 7.97. The summed E-state index contributed by atoms with van der Waals surface area (Å²) in [4.78, 5) is 15.8. The van der Waals surface area contributed by atoms with Gasteiger partial charge in [0.15, 0.2) is 34.3 Å². The number of hydrogen-bond acceptors (Lipinski definition) is 5. The molecule has 9 aromatic rings. The summed E-state index contributed by atoms with van der Waals surface area (Å²) in [5.74, 6) is 4.87. The van der Waals surface area contributed by atoms with Crippen LogP contribution in [0.15, 0.2) is 276 Å². The molecule has 3 heterocycles. The van der Waals surface area contributed by atoms with E-state index in [1.165, 1.54) is 148 Å². The van der Waals surface area contributed by atoms with E-state index < -0.39 is 0 Å². The van der Waals surface area contributed by atoms with E-state index in [0.717, 1.165) is 17.5 Å². The number of aliphatic hydroxyl groups is 2. The third-order valence-electron chi connectivity index (χ3n) is 16.3. The molecule has 460 valence electrons. The van der Waals surface area contributed by atoms with E-state index in [9.17, 15) is 4.39 Å². The highest BCUT2D eigenvalue weighted by Gasteiger charge is 2.31. The summed E-state index contributed by atoms with van der Waals surface area (Å²) < 4.78 is 20.7. The van der Waals surface area contributed by atoms with E-state index in [1.54, 1.807) is 23.2 Å². The van der Waals surface area contributed by atoms with Gasteiger partial charge in [-0.15, -0.1) is 0 Å². The zero-order valence-corrected chi connectivity index (χ0v) is 54.8. The van der Waals surface area contributed by atoms with Gasteiger partial charge in [0.05, 0.1) is 64.9 Å². The summed E-state index contributed by atoms with van der Waals surface area (Å²) in [7, 11) is 6.02. The van der Waals surface area contributed by atoms with Crippen molar-refractivity contribution in [2.45, 2.75) is 131 Å². The van der Waals surface area contributed by atoms with Crippen LogP contribution in [0.25, 0.3) is 10.9 Å². The van der Waals surface area contributed by atoms with E-state index >= 15 is 0 Å². The second kappa shape index (κ2) is 37.4. The fraction of sp³-hybridized carbons (Fsp3) is 0.321. The van der Waals surface area contributed by atoms with Gasteiger partial charge in [0.2, 0.25) is 0 Å². The average Bonchev–Trinajstić information content (AvgIpc) is 3.62.